The lowest BCUT2D eigenvalue weighted by atomic mass is 9.79. The molecular weight excluding hydrogens is 461 g/mol. The van der Waals surface area contributed by atoms with E-state index in [-0.39, 0.29) is 29.4 Å². The van der Waals surface area contributed by atoms with Crippen LogP contribution in [0.25, 0.3) is 0 Å². The molecule has 0 aliphatic heterocycles. The Morgan fingerprint density at radius 2 is 1.89 bits per heavy atom. The number of nitrogens with one attached hydrogen (secondary N) is 2. The van der Waals surface area contributed by atoms with Crippen LogP contribution in [0.2, 0.25) is 0 Å². The first-order chi connectivity index (χ1) is 13.1. The molecule has 1 aromatic carbocycles. The van der Waals surface area contributed by atoms with Crippen LogP contribution >= 0.6 is 24.0 Å². The van der Waals surface area contributed by atoms with Crippen molar-refractivity contribution >= 4 is 29.9 Å². The van der Waals surface area contributed by atoms with Crippen LogP contribution in [-0.4, -0.2) is 29.1 Å². The third-order valence-corrected chi connectivity index (χ3v) is 5.54. The van der Waals surface area contributed by atoms with E-state index in [2.05, 4.69) is 75.6 Å². The number of benzene rings is 1. The molecule has 1 fully saturated rings. The number of rotatable bonds is 7. The van der Waals surface area contributed by atoms with Crippen molar-refractivity contribution in [3.63, 3.8) is 0 Å². The van der Waals surface area contributed by atoms with Crippen molar-refractivity contribution < 1.29 is 0 Å². The van der Waals surface area contributed by atoms with Crippen molar-refractivity contribution in [3.8, 4) is 0 Å². The molecule has 28 heavy (non-hydrogen) atoms. The Bertz CT molecular complexity index is 732. The molecule has 1 heterocycles. The van der Waals surface area contributed by atoms with Gasteiger partial charge < -0.3 is 15.2 Å². The number of imidazole rings is 1. The van der Waals surface area contributed by atoms with E-state index >= 15 is 0 Å². The summed E-state index contributed by atoms with van der Waals surface area (Å²) in [7, 11) is 1.83. The molecule has 1 aliphatic carbocycles. The molecule has 0 unspecified atom stereocenters. The highest BCUT2D eigenvalue weighted by atomic mass is 127. The summed E-state index contributed by atoms with van der Waals surface area (Å²) >= 11 is 0. The normalized spacial score (nSPS) is 16.1. The predicted octanol–water partition coefficient (Wildman–Crippen LogP) is 4.33. The molecular formula is C22H34IN5. The van der Waals surface area contributed by atoms with E-state index in [9.17, 15) is 0 Å². The van der Waals surface area contributed by atoms with E-state index in [0.717, 1.165) is 24.9 Å². The number of halogens is 1. The lowest BCUT2D eigenvalue weighted by molar-refractivity contribution is 0.431. The Hall–Kier alpha value is -1.57. The van der Waals surface area contributed by atoms with Gasteiger partial charge in [-0.1, -0.05) is 57.0 Å². The van der Waals surface area contributed by atoms with Crippen LogP contribution in [-0.2, 0) is 18.5 Å². The number of hydrogen-bond donors (Lipinski definition) is 2. The molecule has 154 valence electrons. The fourth-order valence-corrected chi connectivity index (χ4v) is 4.11. The fourth-order valence-electron chi connectivity index (χ4n) is 4.11. The van der Waals surface area contributed by atoms with Gasteiger partial charge >= 0.3 is 0 Å². The molecule has 5 nitrogen and oxygen atoms in total. The Balaban J connectivity index is 0.00000280. The first-order valence-corrected chi connectivity index (χ1v) is 10.1. The van der Waals surface area contributed by atoms with Gasteiger partial charge in [0, 0.05) is 37.9 Å². The first-order valence-electron chi connectivity index (χ1n) is 10.1. The summed E-state index contributed by atoms with van der Waals surface area (Å²) in [5.74, 6) is 2.49. The minimum Gasteiger partial charge on any atom is -0.356 e. The van der Waals surface area contributed by atoms with Crippen LogP contribution in [0.5, 0.6) is 0 Å². The van der Waals surface area contributed by atoms with Crippen molar-refractivity contribution in [2.24, 2.45) is 10.9 Å². The number of aromatic nitrogens is 2. The van der Waals surface area contributed by atoms with Gasteiger partial charge in [0.1, 0.15) is 5.82 Å². The van der Waals surface area contributed by atoms with Gasteiger partial charge in [-0.25, -0.2) is 4.98 Å². The summed E-state index contributed by atoms with van der Waals surface area (Å²) in [6.07, 6.45) is 9.00. The zero-order valence-electron chi connectivity index (χ0n) is 17.3. The second kappa shape index (κ2) is 10.8. The molecule has 0 bridgehead atoms. The number of guanidine groups is 1. The maximum Gasteiger partial charge on any atom is 0.191 e. The van der Waals surface area contributed by atoms with E-state index in [0.29, 0.717) is 12.5 Å². The Kier molecular flexibility index (Phi) is 8.79. The first kappa shape index (κ1) is 22.7. The molecule has 0 saturated heterocycles. The lowest BCUT2D eigenvalue weighted by Gasteiger charge is -2.30. The zero-order valence-corrected chi connectivity index (χ0v) is 19.6. The van der Waals surface area contributed by atoms with Crippen molar-refractivity contribution in [2.45, 2.75) is 58.0 Å². The zero-order chi connectivity index (χ0) is 19.1. The average Bonchev–Trinajstić information content (AvgIpc) is 3.33. The van der Waals surface area contributed by atoms with E-state index < -0.39 is 0 Å². The summed E-state index contributed by atoms with van der Waals surface area (Å²) in [6.45, 7) is 7.03. The molecule has 0 spiro atoms. The molecule has 2 N–H and O–H groups in total. The molecule has 0 atom stereocenters. The quantitative estimate of drug-likeness (QED) is 0.342. The molecule has 1 aromatic heterocycles. The maximum absolute atomic E-state index is 4.49. The van der Waals surface area contributed by atoms with Gasteiger partial charge in [0.2, 0.25) is 0 Å². The minimum absolute atomic E-state index is 0. The highest BCUT2D eigenvalue weighted by Crippen LogP contribution is 2.40. The van der Waals surface area contributed by atoms with Crippen molar-refractivity contribution in [1.82, 2.24) is 20.2 Å². The van der Waals surface area contributed by atoms with Gasteiger partial charge in [0.15, 0.2) is 5.96 Å². The summed E-state index contributed by atoms with van der Waals surface area (Å²) < 4.78 is 2.22. The lowest BCUT2D eigenvalue weighted by Crippen LogP contribution is -2.44. The Morgan fingerprint density at radius 3 is 2.54 bits per heavy atom. The third kappa shape index (κ3) is 5.72. The topological polar surface area (TPSA) is 54.2 Å². The minimum atomic E-state index is 0. The molecule has 6 heteroatoms. The van der Waals surface area contributed by atoms with Crippen LogP contribution < -0.4 is 10.6 Å². The van der Waals surface area contributed by atoms with Crippen molar-refractivity contribution in [1.29, 1.82) is 0 Å². The largest absolute Gasteiger partial charge is 0.356 e. The summed E-state index contributed by atoms with van der Waals surface area (Å²) in [5, 5.41) is 7.01. The maximum atomic E-state index is 4.49. The van der Waals surface area contributed by atoms with Gasteiger partial charge in [-0.15, -0.1) is 24.0 Å². The van der Waals surface area contributed by atoms with Crippen LogP contribution in [0.3, 0.4) is 0 Å². The fraction of sp³-hybridized carbons (Fsp3) is 0.545. The van der Waals surface area contributed by atoms with E-state index in [1.165, 1.54) is 31.2 Å². The van der Waals surface area contributed by atoms with Crippen LogP contribution in [0, 0.1) is 5.92 Å². The third-order valence-electron chi connectivity index (χ3n) is 5.54. The molecule has 2 aromatic rings. The summed E-state index contributed by atoms with van der Waals surface area (Å²) in [6, 6.07) is 10.9. The van der Waals surface area contributed by atoms with E-state index in [1.54, 1.807) is 0 Å². The van der Waals surface area contributed by atoms with Gasteiger partial charge in [0.05, 0.1) is 6.54 Å². The van der Waals surface area contributed by atoms with Crippen LogP contribution in [0.15, 0.2) is 47.7 Å². The Labute approximate surface area is 186 Å². The molecule has 0 amide bonds. The second-order valence-electron chi connectivity index (χ2n) is 8.02. The van der Waals surface area contributed by atoms with Crippen molar-refractivity contribution in [2.75, 3.05) is 13.6 Å². The van der Waals surface area contributed by atoms with E-state index in [1.807, 2.05) is 13.2 Å². The number of hydrogen-bond acceptors (Lipinski definition) is 2. The SMILES string of the molecule is CN=C(NCc1nccn1CC(C)C)NCC1(c2ccccc2)CCCC1.I. The highest BCUT2D eigenvalue weighted by molar-refractivity contribution is 14.0. The number of aliphatic imine (C=N–C) groups is 1. The monoisotopic (exact) mass is 495 g/mol. The molecule has 0 radical (unpaired) electrons. The molecule has 1 aliphatic rings. The standard InChI is InChI=1S/C22H33N5.HI/c1-18(2)16-27-14-13-24-20(27)15-25-21(23-3)26-17-22(11-7-8-12-22)19-9-5-4-6-10-19;/h4-6,9-10,13-14,18H,7-8,11-12,15-17H2,1-3H3,(H2,23,25,26);1H. The second-order valence-corrected chi connectivity index (χ2v) is 8.02. The summed E-state index contributed by atoms with van der Waals surface area (Å²) in [5.41, 5.74) is 1.66. The highest BCUT2D eigenvalue weighted by Gasteiger charge is 2.35. The number of nitrogens with zero attached hydrogens (tertiary/aromatic N) is 3. The van der Waals surface area contributed by atoms with Crippen LogP contribution in [0.4, 0.5) is 0 Å². The van der Waals surface area contributed by atoms with Crippen molar-refractivity contribution in [3.05, 3.63) is 54.1 Å². The average molecular weight is 495 g/mol. The molecule has 3 rings (SSSR count). The van der Waals surface area contributed by atoms with Gasteiger partial charge in [-0.3, -0.25) is 4.99 Å². The van der Waals surface area contributed by atoms with Crippen LogP contribution in [0.1, 0.15) is 50.9 Å². The van der Waals surface area contributed by atoms with E-state index in [4.69, 9.17) is 0 Å². The smallest absolute Gasteiger partial charge is 0.191 e. The van der Waals surface area contributed by atoms with Gasteiger partial charge in [-0.05, 0) is 24.3 Å². The molecule has 1 saturated carbocycles. The Morgan fingerprint density at radius 1 is 1.18 bits per heavy atom. The van der Waals surface area contributed by atoms with Gasteiger partial charge in [0.25, 0.3) is 0 Å². The summed E-state index contributed by atoms with van der Waals surface area (Å²) in [4.78, 5) is 8.91. The van der Waals surface area contributed by atoms with Gasteiger partial charge in [-0.2, -0.15) is 0 Å². The predicted molar refractivity (Wildman–Crippen MR) is 127 cm³/mol.